The molecule has 0 bridgehead atoms. The molecule has 0 unspecified atom stereocenters. The number of ether oxygens (including phenoxy) is 1. The summed E-state index contributed by atoms with van der Waals surface area (Å²) in [5.41, 5.74) is 4.28. The summed E-state index contributed by atoms with van der Waals surface area (Å²) >= 11 is 0. The first kappa shape index (κ1) is 12.2. The van der Waals surface area contributed by atoms with Gasteiger partial charge in [0.05, 0.1) is 5.56 Å². The van der Waals surface area contributed by atoms with E-state index in [1.165, 1.54) is 12.1 Å². The van der Waals surface area contributed by atoms with Crippen LogP contribution in [0.1, 0.15) is 5.56 Å². The van der Waals surface area contributed by atoms with Crippen LogP contribution in [0.2, 0.25) is 0 Å². The maximum absolute atomic E-state index is 12.3. The van der Waals surface area contributed by atoms with E-state index in [1.807, 2.05) is 0 Å². The molecular weight excluding hydrogens is 225 g/mol. The van der Waals surface area contributed by atoms with Gasteiger partial charge in [-0.25, -0.2) is 0 Å². The van der Waals surface area contributed by atoms with Gasteiger partial charge in [0, 0.05) is 0 Å². The van der Waals surface area contributed by atoms with E-state index >= 15 is 0 Å². The number of rotatable bonds is 3. The molecule has 1 aromatic rings. The molecule has 0 aliphatic heterocycles. The lowest BCUT2D eigenvalue weighted by atomic mass is 10.2. The molecule has 0 heterocycles. The normalized spacial score (nSPS) is 12.6. The Labute approximate surface area is 89.1 Å². The minimum Gasteiger partial charge on any atom is -0.486 e. The average molecular weight is 234 g/mol. The highest BCUT2D eigenvalue weighted by Crippen LogP contribution is 2.31. The van der Waals surface area contributed by atoms with E-state index in [0.717, 1.165) is 12.1 Å². The Morgan fingerprint density at radius 2 is 2.12 bits per heavy atom. The molecule has 88 valence electrons. The second-order valence-electron chi connectivity index (χ2n) is 2.91. The minimum atomic E-state index is -4.42. The quantitative estimate of drug-likeness (QED) is 0.363. The fourth-order valence-corrected chi connectivity index (χ4v) is 0.948. The highest BCUT2D eigenvalue weighted by molar-refractivity contribution is 5.81. The smallest absolute Gasteiger partial charge is 0.416 e. The van der Waals surface area contributed by atoms with Crippen LogP contribution in [-0.2, 0) is 6.18 Å². The molecule has 0 atom stereocenters. The Hall–Kier alpha value is -1.92. The van der Waals surface area contributed by atoms with Crippen LogP contribution in [0.4, 0.5) is 13.2 Å². The standard InChI is InChI=1S/C9H9F3N2O2/c10-9(11,12)6-2-1-3-7(4-6)16-5-8(13)14-15/h1-4,15H,5H2,(H2,13,14). The third-order valence-electron chi connectivity index (χ3n) is 1.68. The molecule has 0 saturated heterocycles. The van der Waals surface area contributed by atoms with Crippen molar-refractivity contribution in [3.05, 3.63) is 29.8 Å². The van der Waals surface area contributed by atoms with Gasteiger partial charge in [-0.2, -0.15) is 13.2 Å². The Kier molecular flexibility index (Phi) is 3.60. The van der Waals surface area contributed by atoms with Gasteiger partial charge in [0.15, 0.2) is 5.84 Å². The van der Waals surface area contributed by atoms with Crippen molar-refractivity contribution >= 4 is 5.84 Å². The molecule has 0 fully saturated rings. The molecule has 16 heavy (non-hydrogen) atoms. The molecule has 0 radical (unpaired) electrons. The third kappa shape index (κ3) is 3.34. The van der Waals surface area contributed by atoms with Crippen molar-refractivity contribution in [2.75, 3.05) is 6.61 Å². The van der Waals surface area contributed by atoms with Gasteiger partial charge in [-0.05, 0) is 18.2 Å². The van der Waals surface area contributed by atoms with E-state index in [4.69, 9.17) is 15.7 Å². The highest BCUT2D eigenvalue weighted by atomic mass is 19.4. The Morgan fingerprint density at radius 1 is 1.44 bits per heavy atom. The van der Waals surface area contributed by atoms with Gasteiger partial charge in [-0.3, -0.25) is 0 Å². The fraction of sp³-hybridized carbons (Fsp3) is 0.222. The molecule has 3 N–H and O–H groups in total. The molecule has 0 aliphatic carbocycles. The molecular formula is C9H9F3N2O2. The predicted molar refractivity (Wildman–Crippen MR) is 50.3 cm³/mol. The summed E-state index contributed by atoms with van der Waals surface area (Å²) in [6, 6.07) is 4.32. The van der Waals surface area contributed by atoms with Crippen molar-refractivity contribution in [2.45, 2.75) is 6.18 Å². The van der Waals surface area contributed by atoms with E-state index < -0.39 is 11.7 Å². The van der Waals surface area contributed by atoms with Crippen LogP contribution in [0.15, 0.2) is 29.4 Å². The Bertz CT molecular complexity index is 391. The number of benzene rings is 1. The number of halogens is 3. The van der Waals surface area contributed by atoms with Crippen LogP contribution in [0, 0.1) is 0 Å². The number of amidine groups is 1. The van der Waals surface area contributed by atoms with Crippen LogP contribution in [0.3, 0.4) is 0 Å². The van der Waals surface area contributed by atoms with Gasteiger partial charge in [0.2, 0.25) is 0 Å². The number of hydrogen-bond acceptors (Lipinski definition) is 3. The van der Waals surface area contributed by atoms with Gasteiger partial charge >= 0.3 is 6.18 Å². The van der Waals surface area contributed by atoms with Crippen molar-refractivity contribution in [1.82, 2.24) is 0 Å². The summed E-state index contributed by atoms with van der Waals surface area (Å²) in [6.07, 6.45) is -4.42. The first-order chi connectivity index (χ1) is 7.43. The lowest BCUT2D eigenvalue weighted by molar-refractivity contribution is -0.137. The Morgan fingerprint density at radius 3 is 2.69 bits per heavy atom. The van der Waals surface area contributed by atoms with Crippen molar-refractivity contribution in [2.24, 2.45) is 10.9 Å². The Balaban J connectivity index is 2.76. The molecule has 0 saturated carbocycles. The van der Waals surface area contributed by atoms with Gasteiger partial charge in [0.1, 0.15) is 12.4 Å². The van der Waals surface area contributed by atoms with Gasteiger partial charge in [0.25, 0.3) is 0 Å². The van der Waals surface area contributed by atoms with Gasteiger partial charge in [-0.15, -0.1) is 0 Å². The molecule has 1 rings (SSSR count). The van der Waals surface area contributed by atoms with Gasteiger partial charge < -0.3 is 15.7 Å². The second kappa shape index (κ2) is 4.73. The summed E-state index contributed by atoms with van der Waals surface area (Å²) < 4.78 is 41.7. The van der Waals surface area contributed by atoms with E-state index in [9.17, 15) is 13.2 Å². The lowest BCUT2D eigenvalue weighted by Crippen LogP contribution is -2.20. The molecule has 0 aromatic heterocycles. The zero-order chi connectivity index (χ0) is 12.2. The molecule has 4 nitrogen and oxygen atoms in total. The van der Waals surface area contributed by atoms with Crippen LogP contribution in [-0.4, -0.2) is 17.6 Å². The SMILES string of the molecule is N/C(COc1cccc(C(F)(F)F)c1)=N\O. The van der Waals surface area contributed by atoms with Crippen molar-refractivity contribution in [3.63, 3.8) is 0 Å². The first-order valence-corrected chi connectivity index (χ1v) is 4.20. The van der Waals surface area contributed by atoms with Crippen molar-refractivity contribution in [1.29, 1.82) is 0 Å². The molecule has 1 aromatic carbocycles. The van der Waals surface area contributed by atoms with E-state index in [2.05, 4.69) is 5.16 Å². The number of nitrogens with zero attached hydrogens (tertiary/aromatic N) is 1. The zero-order valence-corrected chi connectivity index (χ0v) is 8.03. The predicted octanol–water partition coefficient (Wildman–Crippen LogP) is 1.83. The number of hydrogen-bond donors (Lipinski definition) is 2. The molecule has 0 amide bonds. The monoisotopic (exact) mass is 234 g/mol. The largest absolute Gasteiger partial charge is 0.486 e. The summed E-state index contributed by atoms with van der Waals surface area (Å²) in [4.78, 5) is 0. The van der Waals surface area contributed by atoms with E-state index in [0.29, 0.717) is 0 Å². The van der Waals surface area contributed by atoms with Crippen molar-refractivity contribution in [3.8, 4) is 5.75 Å². The summed E-state index contributed by atoms with van der Waals surface area (Å²) in [6.45, 7) is -0.280. The van der Waals surface area contributed by atoms with E-state index in [-0.39, 0.29) is 18.2 Å². The average Bonchev–Trinajstić information content (AvgIpc) is 2.25. The number of alkyl halides is 3. The van der Waals surface area contributed by atoms with Crippen LogP contribution < -0.4 is 10.5 Å². The van der Waals surface area contributed by atoms with Crippen LogP contribution in [0.25, 0.3) is 0 Å². The summed E-state index contributed by atoms with van der Waals surface area (Å²) in [5, 5.41) is 10.8. The maximum atomic E-state index is 12.3. The van der Waals surface area contributed by atoms with E-state index in [1.54, 1.807) is 0 Å². The topological polar surface area (TPSA) is 67.8 Å². The molecule has 0 spiro atoms. The second-order valence-corrected chi connectivity index (χ2v) is 2.91. The van der Waals surface area contributed by atoms with Crippen LogP contribution in [0.5, 0.6) is 5.75 Å². The van der Waals surface area contributed by atoms with Gasteiger partial charge in [-0.1, -0.05) is 11.2 Å². The van der Waals surface area contributed by atoms with Crippen LogP contribution >= 0.6 is 0 Å². The molecule has 0 aliphatic rings. The lowest BCUT2D eigenvalue weighted by Gasteiger charge is -2.09. The number of oxime groups is 1. The summed E-state index contributed by atoms with van der Waals surface area (Å²) in [7, 11) is 0. The summed E-state index contributed by atoms with van der Waals surface area (Å²) in [5.74, 6) is -0.223. The molecule has 7 heteroatoms. The third-order valence-corrected chi connectivity index (χ3v) is 1.68. The zero-order valence-electron chi connectivity index (χ0n) is 8.03. The first-order valence-electron chi connectivity index (χ1n) is 4.20. The minimum absolute atomic E-state index is 0.00132. The fourth-order valence-electron chi connectivity index (χ4n) is 0.948. The maximum Gasteiger partial charge on any atom is 0.416 e. The number of nitrogens with two attached hydrogens (primary N) is 1. The van der Waals surface area contributed by atoms with Crippen molar-refractivity contribution < 1.29 is 23.1 Å². The highest BCUT2D eigenvalue weighted by Gasteiger charge is 2.30.